The van der Waals surface area contributed by atoms with Gasteiger partial charge in [-0.15, -0.1) is 12.4 Å². The number of halogens is 1. The zero-order valence-electron chi connectivity index (χ0n) is 18.9. The van der Waals surface area contributed by atoms with Crippen molar-refractivity contribution in [3.8, 4) is 0 Å². The van der Waals surface area contributed by atoms with E-state index in [1.54, 1.807) is 47.4 Å². The van der Waals surface area contributed by atoms with E-state index < -0.39 is 17.2 Å². The fourth-order valence-corrected chi connectivity index (χ4v) is 4.77. The molecule has 174 valence electrons. The molecular formula is C25H28ClN3O4. The van der Waals surface area contributed by atoms with E-state index >= 15 is 0 Å². The average molecular weight is 470 g/mol. The number of likely N-dealkylation sites (tertiary alicyclic amines) is 1. The predicted molar refractivity (Wildman–Crippen MR) is 129 cm³/mol. The van der Waals surface area contributed by atoms with Crippen LogP contribution in [0.25, 0.3) is 5.76 Å². The highest BCUT2D eigenvalue weighted by Gasteiger charge is 2.66. The van der Waals surface area contributed by atoms with Gasteiger partial charge in [-0.3, -0.25) is 14.4 Å². The number of likely N-dealkylation sites (N-methyl/N-ethyl adjacent to an activating group) is 1. The molecule has 0 saturated carbocycles. The normalized spacial score (nSPS) is 21.2. The first-order chi connectivity index (χ1) is 15.4. The van der Waals surface area contributed by atoms with Crippen LogP contribution in [0.2, 0.25) is 0 Å². The molecule has 0 aliphatic carbocycles. The number of para-hydroxylation sites is 1. The molecule has 2 aliphatic rings. The molecular weight excluding hydrogens is 442 g/mol. The van der Waals surface area contributed by atoms with E-state index in [0.717, 1.165) is 0 Å². The van der Waals surface area contributed by atoms with Crippen LogP contribution in [0.3, 0.4) is 0 Å². The van der Waals surface area contributed by atoms with E-state index in [-0.39, 0.29) is 36.2 Å². The van der Waals surface area contributed by atoms with Crippen molar-refractivity contribution in [2.75, 3.05) is 38.6 Å². The summed E-state index contributed by atoms with van der Waals surface area (Å²) in [6, 6.07) is 15.8. The lowest BCUT2D eigenvalue weighted by Gasteiger charge is -2.34. The van der Waals surface area contributed by atoms with Crippen molar-refractivity contribution in [3.63, 3.8) is 0 Å². The summed E-state index contributed by atoms with van der Waals surface area (Å²) in [5, 5.41) is 11.3. The maximum Gasteiger partial charge on any atom is 0.296 e. The fraction of sp³-hybridized carbons (Fsp3) is 0.320. The smallest absolute Gasteiger partial charge is 0.296 e. The number of benzene rings is 2. The number of rotatable bonds is 6. The van der Waals surface area contributed by atoms with Crippen LogP contribution in [-0.4, -0.2) is 66.2 Å². The molecule has 2 amide bonds. The maximum absolute atomic E-state index is 14.0. The van der Waals surface area contributed by atoms with Crippen molar-refractivity contribution in [1.82, 2.24) is 9.80 Å². The van der Waals surface area contributed by atoms with Gasteiger partial charge in [-0.2, -0.15) is 0 Å². The molecule has 1 spiro atoms. The minimum absolute atomic E-state index is 0. The molecule has 8 heteroatoms. The molecule has 1 atom stereocenters. The summed E-state index contributed by atoms with van der Waals surface area (Å²) < 4.78 is 0. The summed E-state index contributed by atoms with van der Waals surface area (Å²) in [6.07, 6.45) is 0.578. The first-order valence-electron chi connectivity index (χ1n) is 10.8. The van der Waals surface area contributed by atoms with Crippen molar-refractivity contribution in [2.45, 2.75) is 18.9 Å². The van der Waals surface area contributed by atoms with Crippen LogP contribution in [0.4, 0.5) is 5.69 Å². The zero-order chi connectivity index (χ0) is 23.0. The van der Waals surface area contributed by atoms with Gasteiger partial charge < -0.3 is 19.8 Å². The number of carbonyl (C=O) groups excluding carboxylic acids is 3. The molecule has 2 aromatic carbocycles. The second-order valence-corrected chi connectivity index (χ2v) is 8.31. The van der Waals surface area contributed by atoms with Gasteiger partial charge in [0.05, 0.1) is 11.3 Å². The van der Waals surface area contributed by atoms with Crippen LogP contribution in [0.5, 0.6) is 0 Å². The van der Waals surface area contributed by atoms with Crippen molar-refractivity contribution in [3.05, 3.63) is 71.3 Å². The lowest BCUT2D eigenvalue weighted by Crippen LogP contribution is -2.52. The molecule has 7 nitrogen and oxygen atoms in total. The summed E-state index contributed by atoms with van der Waals surface area (Å²) in [7, 11) is 3.85. The van der Waals surface area contributed by atoms with Gasteiger partial charge in [0.2, 0.25) is 0 Å². The minimum atomic E-state index is -1.67. The Labute approximate surface area is 199 Å². The van der Waals surface area contributed by atoms with E-state index in [1.807, 2.05) is 38.1 Å². The van der Waals surface area contributed by atoms with E-state index in [4.69, 9.17) is 0 Å². The van der Waals surface area contributed by atoms with Gasteiger partial charge in [-0.05, 0) is 40.1 Å². The van der Waals surface area contributed by atoms with Gasteiger partial charge in [0, 0.05) is 24.2 Å². The lowest BCUT2D eigenvalue weighted by atomic mass is 9.82. The van der Waals surface area contributed by atoms with Crippen LogP contribution in [0.1, 0.15) is 24.5 Å². The number of nitrogens with zero attached hydrogens (tertiary/aromatic N) is 3. The molecule has 2 aromatic rings. The third kappa shape index (κ3) is 3.61. The number of hydrogen-bond acceptors (Lipinski definition) is 5. The highest BCUT2D eigenvalue weighted by molar-refractivity contribution is 6.50. The molecule has 0 bridgehead atoms. The van der Waals surface area contributed by atoms with Crippen LogP contribution in [0.15, 0.2) is 60.2 Å². The molecule has 4 rings (SSSR count). The van der Waals surface area contributed by atoms with Crippen molar-refractivity contribution >= 4 is 41.5 Å². The fourth-order valence-electron chi connectivity index (χ4n) is 4.77. The highest BCUT2D eigenvalue weighted by Crippen LogP contribution is 2.53. The van der Waals surface area contributed by atoms with Crippen molar-refractivity contribution in [2.24, 2.45) is 0 Å². The highest BCUT2D eigenvalue weighted by atomic mass is 35.5. The summed E-state index contributed by atoms with van der Waals surface area (Å²) in [6.45, 7) is 3.13. The van der Waals surface area contributed by atoms with Gasteiger partial charge in [0.15, 0.2) is 5.54 Å². The molecule has 0 aromatic heterocycles. The minimum Gasteiger partial charge on any atom is -0.507 e. The topological polar surface area (TPSA) is 81.2 Å². The van der Waals surface area contributed by atoms with Crippen LogP contribution >= 0.6 is 12.4 Å². The third-order valence-electron chi connectivity index (χ3n) is 6.16. The van der Waals surface area contributed by atoms with Gasteiger partial charge in [-0.1, -0.05) is 48.5 Å². The Morgan fingerprint density at radius 3 is 2.27 bits per heavy atom. The number of carbonyl (C=O) groups is 3. The quantitative estimate of drug-likeness (QED) is 0.399. The van der Waals surface area contributed by atoms with Crippen molar-refractivity contribution in [1.29, 1.82) is 0 Å². The standard InChI is InChI=1S/C25H27N3O4.ClH/c1-4-27-19-14-9-8-13-18(19)25(24(27)32)20(21(29)17-11-6-5-7-12-17)22(30)23(31)28(25)16-10-15-26(2)3;/h5-9,11-14,29H,4,10,15-16H2,1-3H3;1H. The third-order valence-corrected chi connectivity index (χ3v) is 6.16. The summed E-state index contributed by atoms with van der Waals surface area (Å²) in [4.78, 5) is 45.5. The number of anilines is 1. The Morgan fingerprint density at radius 1 is 1.00 bits per heavy atom. The number of hydrogen-bond donors (Lipinski definition) is 1. The van der Waals surface area contributed by atoms with Gasteiger partial charge in [0.25, 0.3) is 17.6 Å². The largest absolute Gasteiger partial charge is 0.507 e. The van der Waals surface area contributed by atoms with E-state index in [2.05, 4.69) is 0 Å². The van der Waals surface area contributed by atoms with E-state index in [1.165, 1.54) is 4.90 Å². The average Bonchev–Trinajstić information content (AvgIpc) is 3.17. The van der Waals surface area contributed by atoms with E-state index in [9.17, 15) is 19.5 Å². The second-order valence-electron chi connectivity index (χ2n) is 8.31. The number of amides is 2. The van der Waals surface area contributed by atoms with Crippen LogP contribution in [-0.2, 0) is 19.9 Å². The molecule has 2 heterocycles. The molecule has 1 saturated heterocycles. The monoisotopic (exact) mass is 469 g/mol. The van der Waals surface area contributed by atoms with Gasteiger partial charge >= 0.3 is 0 Å². The first-order valence-corrected chi connectivity index (χ1v) is 10.8. The Hall–Kier alpha value is -3.16. The Morgan fingerprint density at radius 2 is 1.64 bits per heavy atom. The molecule has 1 unspecified atom stereocenters. The number of fused-ring (bicyclic) bond motifs is 2. The molecule has 2 aliphatic heterocycles. The van der Waals surface area contributed by atoms with Crippen LogP contribution < -0.4 is 4.90 Å². The number of aliphatic hydroxyl groups excluding tert-OH is 1. The number of Topliss-reactive ketones (excluding diaryl/α,β-unsaturated/α-hetero) is 1. The SMILES string of the molecule is CCN1C(=O)C2(C(=C(O)c3ccccc3)C(=O)C(=O)N2CCCN(C)C)c2ccccc21.Cl. The Balaban J connectivity index is 0.00000306. The first kappa shape index (κ1) is 24.5. The summed E-state index contributed by atoms with van der Waals surface area (Å²) >= 11 is 0. The number of aliphatic hydroxyl groups is 1. The Bertz CT molecular complexity index is 1120. The van der Waals surface area contributed by atoms with Gasteiger partial charge in [-0.25, -0.2) is 0 Å². The Kier molecular flexibility index (Phi) is 6.95. The molecule has 1 N–H and O–H groups in total. The molecule has 0 radical (unpaired) electrons. The zero-order valence-corrected chi connectivity index (χ0v) is 19.8. The number of ketones is 1. The summed E-state index contributed by atoms with van der Waals surface area (Å²) in [5.41, 5.74) is -0.246. The van der Waals surface area contributed by atoms with Gasteiger partial charge in [0.1, 0.15) is 5.76 Å². The van der Waals surface area contributed by atoms with Crippen LogP contribution in [0, 0.1) is 0 Å². The lowest BCUT2D eigenvalue weighted by molar-refractivity contribution is -0.143. The summed E-state index contributed by atoms with van der Waals surface area (Å²) in [5.74, 6) is -2.32. The van der Waals surface area contributed by atoms with Crippen molar-refractivity contribution < 1.29 is 19.5 Å². The van der Waals surface area contributed by atoms with E-state index in [0.29, 0.717) is 36.3 Å². The second kappa shape index (κ2) is 9.37. The molecule has 1 fully saturated rings. The predicted octanol–water partition coefficient (Wildman–Crippen LogP) is 3.00. The maximum atomic E-state index is 14.0. The molecule has 33 heavy (non-hydrogen) atoms.